The zero-order valence-corrected chi connectivity index (χ0v) is 11.3. The first-order chi connectivity index (χ1) is 8.24. The van der Waals surface area contributed by atoms with Crippen LogP contribution in [0.1, 0.15) is 43.5 Å². The van der Waals surface area contributed by atoms with Crippen molar-refractivity contribution >= 4 is 11.8 Å². The van der Waals surface area contributed by atoms with Crippen LogP contribution in [0.3, 0.4) is 0 Å². The quantitative estimate of drug-likeness (QED) is 0.762. The zero-order valence-electron chi connectivity index (χ0n) is 10.5. The van der Waals surface area contributed by atoms with Crippen LogP contribution in [0.5, 0.6) is 0 Å². The van der Waals surface area contributed by atoms with Gasteiger partial charge in [0.1, 0.15) is 11.1 Å². The van der Waals surface area contributed by atoms with Gasteiger partial charge in [0.15, 0.2) is 0 Å². The fourth-order valence-corrected chi connectivity index (χ4v) is 3.10. The molecule has 0 saturated carbocycles. The number of nitrogens with zero attached hydrogens (tertiary/aromatic N) is 2. The number of rotatable bonds is 4. The van der Waals surface area contributed by atoms with Crippen LogP contribution < -0.4 is 0 Å². The minimum Gasteiger partial charge on any atom is -0.245 e. The number of hydrogen-bond acceptors (Lipinski definition) is 3. The fourth-order valence-electron chi connectivity index (χ4n) is 1.98. The summed E-state index contributed by atoms with van der Waals surface area (Å²) in [5.74, 6) is 1.73. The van der Waals surface area contributed by atoms with E-state index in [4.69, 9.17) is 5.26 Å². The number of pyridine rings is 1. The Labute approximate surface area is 107 Å². The van der Waals surface area contributed by atoms with Gasteiger partial charge in [-0.25, -0.2) is 4.98 Å². The van der Waals surface area contributed by atoms with E-state index in [0.717, 1.165) is 29.2 Å². The number of aromatic nitrogens is 1. The van der Waals surface area contributed by atoms with Crippen LogP contribution in [-0.4, -0.2) is 10.7 Å². The van der Waals surface area contributed by atoms with E-state index < -0.39 is 0 Å². The van der Waals surface area contributed by atoms with Crippen LogP contribution in [-0.2, 0) is 12.8 Å². The van der Waals surface area contributed by atoms with Gasteiger partial charge in [0.2, 0.25) is 0 Å². The molecule has 1 atom stereocenters. The van der Waals surface area contributed by atoms with E-state index in [0.29, 0.717) is 5.92 Å². The van der Waals surface area contributed by atoms with Crippen LogP contribution in [0.25, 0.3) is 0 Å². The van der Waals surface area contributed by atoms with Gasteiger partial charge in [0.05, 0.1) is 5.56 Å². The summed E-state index contributed by atoms with van der Waals surface area (Å²) in [4.78, 5) is 4.67. The van der Waals surface area contributed by atoms with E-state index in [9.17, 15) is 0 Å². The SMILES string of the molecule is CCC(C)CSc1nc2c(cc1C#N)CCC2. The van der Waals surface area contributed by atoms with Crippen molar-refractivity contribution in [3.05, 3.63) is 22.9 Å². The molecule has 0 aromatic carbocycles. The van der Waals surface area contributed by atoms with Crippen molar-refractivity contribution in [1.29, 1.82) is 5.26 Å². The monoisotopic (exact) mass is 246 g/mol. The summed E-state index contributed by atoms with van der Waals surface area (Å²) >= 11 is 1.74. The average molecular weight is 246 g/mol. The third-order valence-corrected chi connectivity index (χ3v) is 4.66. The predicted octanol–water partition coefficient (Wildman–Crippen LogP) is 3.58. The predicted molar refractivity (Wildman–Crippen MR) is 71.2 cm³/mol. The van der Waals surface area contributed by atoms with Crippen LogP contribution in [0.2, 0.25) is 0 Å². The lowest BCUT2D eigenvalue weighted by Gasteiger charge is -2.09. The molecule has 2 rings (SSSR count). The number of hydrogen-bond donors (Lipinski definition) is 0. The summed E-state index contributed by atoms with van der Waals surface area (Å²) in [7, 11) is 0. The smallest absolute Gasteiger partial charge is 0.114 e. The first-order valence-corrected chi connectivity index (χ1v) is 7.28. The molecule has 3 heteroatoms. The number of nitriles is 1. The standard InChI is InChI=1S/C14H18N2S/c1-3-10(2)9-17-14-12(8-15)7-11-5-4-6-13(11)16-14/h7,10H,3-6,9H2,1-2H3. The first-order valence-electron chi connectivity index (χ1n) is 6.30. The Morgan fingerprint density at radius 2 is 2.35 bits per heavy atom. The van der Waals surface area contributed by atoms with E-state index in [-0.39, 0.29) is 0 Å². The topological polar surface area (TPSA) is 36.7 Å². The fraction of sp³-hybridized carbons (Fsp3) is 0.571. The van der Waals surface area contributed by atoms with Gasteiger partial charge in [-0.3, -0.25) is 0 Å². The molecule has 1 aliphatic rings. The van der Waals surface area contributed by atoms with Crippen molar-refractivity contribution in [2.45, 2.75) is 44.6 Å². The average Bonchev–Trinajstić information content (AvgIpc) is 2.81. The molecule has 90 valence electrons. The van der Waals surface area contributed by atoms with E-state index in [1.54, 1.807) is 11.8 Å². The maximum absolute atomic E-state index is 9.17. The van der Waals surface area contributed by atoms with Crippen molar-refractivity contribution < 1.29 is 0 Å². The summed E-state index contributed by atoms with van der Waals surface area (Å²) in [5, 5.41) is 10.1. The Hall–Kier alpha value is -1.01. The molecule has 1 unspecified atom stereocenters. The Bertz CT molecular complexity index is 448. The third kappa shape index (κ3) is 2.81. The lowest BCUT2D eigenvalue weighted by atomic mass is 10.2. The van der Waals surface area contributed by atoms with Crippen LogP contribution in [0, 0.1) is 17.2 Å². The molecule has 0 fully saturated rings. The molecule has 0 aliphatic heterocycles. The van der Waals surface area contributed by atoms with Gasteiger partial charge in [0, 0.05) is 11.4 Å². The lowest BCUT2D eigenvalue weighted by Crippen LogP contribution is -1.99. The number of aryl methyl sites for hydroxylation is 2. The minimum absolute atomic E-state index is 0.682. The molecule has 1 aromatic heterocycles. The van der Waals surface area contributed by atoms with Gasteiger partial charge in [-0.2, -0.15) is 5.26 Å². The van der Waals surface area contributed by atoms with Gasteiger partial charge < -0.3 is 0 Å². The van der Waals surface area contributed by atoms with E-state index >= 15 is 0 Å². The van der Waals surface area contributed by atoms with Crippen LogP contribution in [0.15, 0.2) is 11.1 Å². The van der Waals surface area contributed by atoms with Crippen LogP contribution >= 0.6 is 11.8 Å². The maximum atomic E-state index is 9.17. The molecule has 1 heterocycles. The third-order valence-electron chi connectivity index (χ3n) is 3.34. The van der Waals surface area contributed by atoms with Crippen LogP contribution in [0.4, 0.5) is 0 Å². The van der Waals surface area contributed by atoms with E-state index in [1.807, 2.05) is 6.07 Å². The zero-order chi connectivity index (χ0) is 12.3. The molecule has 0 bridgehead atoms. The second-order valence-corrected chi connectivity index (χ2v) is 5.75. The van der Waals surface area contributed by atoms with Crippen molar-refractivity contribution in [1.82, 2.24) is 4.98 Å². The number of fused-ring (bicyclic) bond motifs is 1. The Balaban J connectivity index is 2.18. The van der Waals surface area contributed by atoms with Gasteiger partial charge in [-0.1, -0.05) is 20.3 Å². The Morgan fingerprint density at radius 3 is 3.06 bits per heavy atom. The molecule has 1 aliphatic carbocycles. The van der Waals surface area contributed by atoms with Crippen molar-refractivity contribution in [3.8, 4) is 6.07 Å². The molecule has 0 amide bonds. The van der Waals surface area contributed by atoms with E-state index in [2.05, 4.69) is 24.9 Å². The molecule has 0 radical (unpaired) electrons. The Kier molecular flexibility index (Phi) is 4.06. The highest BCUT2D eigenvalue weighted by molar-refractivity contribution is 7.99. The molecule has 0 spiro atoms. The molecule has 17 heavy (non-hydrogen) atoms. The second-order valence-electron chi connectivity index (χ2n) is 4.74. The summed E-state index contributed by atoms with van der Waals surface area (Å²) < 4.78 is 0. The normalized spacial score (nSPS) is 15.4. The van der Waals surface area contributed by atoms with Crippen molar-refractivity contribution in [2.24, 2.45) is 5.92 Å². The van der Waals surface area contributed by atoms with E-state index in [1.165, 1.54) is 24.1 Å². The van der Waals surface area contributed by atoms with Gasteiger partial charge in [-0.15, -0.1) is 11.8 Å². The highest BCUT2D eigenvalue weighted by Gasteiger charge is 2.16. The molecule has 2 nitrogen and oxygen atoms in total. The van der Waals surface area contributed by atoms with Crippen molar-refractivity contribution in [2.75, 3.05) is 5.75 Å². The van der Waals surface area contributed by atoms with Gasteiger partial charge in [0.25, 0.3) is 0 Å². The number of thioether (sulfide) groups is 1. The summed E-state index contributed by atoms with van der Waals surface area (Å²) in [5.41, 5.74) is 3.27. The minimum atomic E-state index is 0.682. The second kappa shape index (κ2) is 5.55. The maximum Gasteiger partial charge on any atom is 0.114 e. The molecule has 1 aromatic rings. The van der Waals surface area contributed by atoms with Gasteiger partial charge in [-0.05, 0) is 36.8 Å². The lowest BCUT2D eigenvalue weighted by molar-refractivity contribution is 0.636. The van der Waals surface area contributed by atoms with Crippen molar-refractivity contribution in [3.63, 3.8) is 0 Å². The summed E-state index contributed by atoms with van der Waals surface area (Å²) in [6, 6.07) is 4.33. The molecular weight excluding hydrogens is 228 g/mol. The summed E-state index contributed by atoms with van der Waals surface area (Å²) in [6.07, 6.45) is 4.54. The molecule has 0 saturated heterocycles. The molecular formula is C14H18N2S. The molecule has 0 N–H and O–H groups in total. The first kappa shape index (κ1) is 12.4. The highest BCUT2D eigenvalue weighted by atomic mass is 32.2. The highest BCUT2D eigenvalue weighted by Crippen LogP contribution is 2.29. The summed E-state index contributed by atoms with van der Waals surface area (Å²) in [6.45, 7) is 4.44. The Morgan fingerprint density at radius 1 is 1.53 bits per heavy atom. The largest absolute Gasteiger partial charge is 0.245 e. The van der Waals surface area contributed by atoms with Gasteiger partial charge >= 0.3 is 0 Å².